The van der Waals surface area contributed by atoms with E-state index in [2.05, 4.69) is 21.2 Å². The van der Waals surface area contributed by atoms with E-state index in [4.69, 9.17) is 11.6 Å². The van der Waals surface area contributed by atoms with E-state index in [1.807, 2.05) is 11.4 Å². The Labute approximate surface area is 121 Å². The van der Waals surface area contributed by atoms with Gasteiger partial charge >= 0.3 is 5.69 Å². The van der Waals surface area contributed by atoms with E-state index in [9.17, 15) is 10.1 Å². The van der Waals surface area contributed by atoms with Crippen molar-refractivity contribution in [3.63, 3.8) is 0 Å². The summed E-state index contributed by atoms with van der Waals surface area (Å²) in [5.41, 5.74) is 0.333. The first-order valence-electron chi connectivity index (χ1n) is 4.98. The maximum atomic E-state index is 10.9. The molecule has 1 aromatic carbocycles. The quantitative estimate of drug-likeness (QED) is 0.645. The van der Waals surface area contributed by atoms with Crippen molar-refractivity contribution in [3.8, 4) is 0 Å². The smallest absolute Gasteiger partial charge is 0.310 e. The molecular formula is C11H8BrClN2O2S. The van der Waals surface area contributed by atoms with Gasteiger partial charge in [-0.15, -0.1) is 11.3 Å². The van der Waals surface area contributed by atoms with Gasteiger partial charge in [-0.2, -0.15) is 0 Å². The minimum absolute atomic E-state index is 0.0909. The Morgan fingerprint density at radius 2 is 2.22 bits per heavy atom. The van der Waals surface area contributed by atoms with Gasteiger partial charge in [-0.1, -0.05) is 17.7 Å². The van der Waals surface area contributed by atoms with E-state index in [0.29, 0.717) is 12.2 Å². The molecule has 94 valence electrons. The van der Waals surface area contributed by atoms with Crippen LogP contribution in [0.1, 0.15) is 4.88 Å². The van der Waals surface area contributed by atoms with Gasteiger partial charge in [-0.05, 0) is 39.5 Å². The molecule has 2 aromatic rings. The molecule has 1 N–H and O–H groups in total. The highest BCUT2D eigenvalue weighted by atomic mass is 79.9. The number of nitrogens with one attached hydrogen (secondary N) is 1. The summed E-state index contributed by atoms with van der Waals surface area (Å²) < 4.78 is 0.990. The predicted octanol–water partition coefficient (Wildman–Crippen LogP) is 4.68. The van der Waals surface area contributed by atoms with Crippen LogP contribution in [-0.2, 0) is 6.54 Å². The SMILES string of the molecule is O=[N+]([O-])c1c(Cl)cccc1NCc1sccc1Br. The molecule has 0 amide bonds. The van der Waals surface area contributed by atoms with E-state index in [1.165, 1.54) is 6.07 Å². The second-order valence-electron chi connectivity index (χ2n) is 3.44. The van der Waals surface area contributed by atoms with Crippen LogP contribution in [0.3, 0.4) is 0 Å². The molecule has 2 rings (SSSR count). The number of thiophene rings is 1. The van der Waals surface area contributed by atoms with Gasteiger partial charge in [0, 0.05) is 9.35 Å². The zero-order chi connectivity index (χ0) is 13.1. The molecule has 1 aromatic heterocycles. The molecule has 0 saturated heterocycles. The van der Waals surface area contributed by atoms with Crippen molar-refractivity contribution in [2.24, 2.45) is 0 Å². The number of para-hydroxylation sites is 1. The fourth-order valence-electron chi connectivity index (χ4n) is 1.47. The van der Waals surface area contributed by atoms with E-state index < -0.39 is 4.92 Å². The predicted molar refractivity (Wildman–Crippen MR) is 77.5 cm³/mol. The molecule has 0 spiro atoms. The number of hydrogen-bond donors (Lipinski definition) is 1. The molecular weight excluding hydrogens is 340 g/mol. The second-order valence-corrected chi connectivity index (χ2v) is 5.70. The topological polar surface area (TPSA) is 55.2 Å². The highest BCUT2D eigenvalue weighted by Crippen LogP contribution is 2.33. The van der Waals surface area contributed by atoms with Crippen LogP contribution >= 0.6 is 38.9 Å². The zero-order valence-corrected chi connectivity index (χ0v) is 12.2. The Morgan fingerprint density at radius 3 is 2.83 bits per heavy atom. The number of anilines is 1. The fourth-order valence-corrected chi connectivity index (χ4v) is 3.15. The molecule has 7 heteroatoms. The van der Waals surface area contributed by atoms with Gasteiger partial charge in [0.25, 0.3) is 0 Å². The van der Waals surface area contributed by atoms with Gasteiger partial charge in [0.1, 0.15) is 10.7 Å². The maximum Gasteiger partial charge on any atom is 0.310 e. The maximum absolute atomic E-state index is 10.9. The lowest BCUT2D eigenvalue weighted by molar-refractivity contribution is -0.383. The molecule has 1 heterocycles. The highest BCUT2D eigenvalue weighted by Gasteiger charge is 2.18. The van der Waals surface area contributed by atoms with Crippen molar-refractivity contribution in [3.05, 3.63) is 54.1 Å². The van der Waals surface area contributed by atoms with Crippen molar-refractivity contribution in [2.75, 3.05) is 5.32 Å². The number of rotatable bonds is 4. The van der Waals surface area contributed by atoms with Crippen LogP contribution in [0.4, 0.5) is 11.4 Å². The van der Waals surface area contributed by atoms with Gasteiger partial charge < -0.3 is 5.32 Å². The summed E-state index contributed by atoms with van der Waals surface area (Å²) in [7, 11) is 0. The summed E-state index contributed by atoms with van der Waals surface area (Å²) in [6, 6.07) is 6.77. The first-order valence-corrected chi connectivity index (χ1v) is 7.03. The Hall–Kier alpha value is -1.11. The van der Waals surface area contributed by atoms with Gasteiger partial charge in [0.15, 0.2) is 0 Å². The number of halogens is 2. The molecule has 0 unspecified atom stereocenters. The summed E-state index contributed by atoms with van der Waals surface area (Å²) in [5, 5.41) is 16.1. The summed E-state index contributed by atoms with van der Waals surface area (Å²) in [6.45, 7) is 0.513. The van der Waals surface area contributed by atoms with Crippen molar-refractivity contribution < 1.29 is 4.92 Å². The lowest BCUT2D eigenvalue weighted by Crippen LogP contribution is -2.02. The number of hydrogen-bond acceptors (Lipinski definition) is 4. The number of nitrogens with zero attached hydrogens (tertiary/aromatic N) is 1. The van der Waals surface area contributed by atoms with Gasteiger partial charge in [-0.3, -0.25) is 10.1 Å². The zero-order valence-electron chi connectivity index (χ0n) is 9.02. The summed E-state index contributed by atoms with van der Waals surface area (Å²) in [6.07, 6.45) is 0. The third-order valence-electron chi connectivity index (χ3n) is 2.30. The molecule has 0 atom stereocenters. The molecule has 0 aliphatic carbocycles. The van der Waals surface area contributed by atoms with Crippen LogP contribution < -0.4 is 5.32 Å². The van der Waals surface area contributed by atoms with Crippen LogP contribution in [0, 0.1) is 10.1 Å². The molecule has 18 heavy (non-hydrogen) atoms. The molecule has 0 aliphatic rings. The largest absolute Gasteiger partial charge is 0.375 e. The van der Waals surface area contributed by atoms with Crippen LogP contribution in [-0.4, -0.2) is 4.92 Å². The minimum Gasteiger partial charge on any atom is -0.375 e. The lowest BCUT2D eigenvalue weighted by atomic mass is 10.2. The van der Waals surface area contributed by atoms with Crippen LogP contribution in [0.5, 0.6) is 0 Å². The third kappa shape index (κ3) is 2.82. The van der Waals surface area contributed by atoms with E-state index in [-0.39, 0.29) is 10.7 Å². The van der Waals surface area contributed by atoms with Crippen LogP contribution in [0.15, 0.2) is 34.1 Å². The molecule has 4 nitrogen and oxygen atoms in total. The minimum atomic E-state index is -0.478. The van der Waals surface area contributed by atoms with Gasteiger partial charge in [-0.25, -0.2) is 0 Å². The summed E-state index contributed by atoms with van der Waals surface area (Å²) in [5.74, 6) is 0. The van der Waals surface area contributed by atoms with Gasteiger partial charge in [0.05, 0.1) is 11.5 Å². The summed E-state index contributed by atoms with van der Waals surface area (Å²) >= 11 is 10.8. The second kappa shape index (κ2) is 5.69. The van der Waals surface area contributed by atoms with Crippen LogP contribution in [0.2, 0.25) is 5.02 Å². The van der Waals surface area contributed by atoms with Gasteiger partial charge in [0.2, 0.25) is 0 Å². The van der Waals surface area contributed by atoms with E-state index >= 15 is 0 Å². The standard InChI is InChI=1S/C11H8BrClN2O2S/c12-7-4-5-18-10(7)6-14-9-3-1-2-8(13)11(9)15(16)17/h1-5,14H,6H2. The van der Waals surface area contributed by atoms with E-state index in [1.54, 1.807) is 23.5 Å². The third-order valence-corrected chi connectivity index (χ3v) is 4.53. The van der Waals surface area contributed by atoms with Crippen molar-refractivity contribution in [1.29, 1.82) is 0 Å². The summed E-state index contributed by atoms with van der Waals surface area (Å²) in [4.78, 5) is 11.5. The average molecular weight is 348 g/mol. The number of benzene rings is 1. The first-order chi connectivity index (χ1) is 8.59. The highest BCUT2D eigenvalue weighted by molar-refractivity contribution is 9.10. The average Bonchev–Trinajstić information content (AvgIpc) is 2.71. The number of nitro benzene ring substituents is 1. The number of nitro groups is 1. The normalized spacial score (nSPS) is 10.3. The molecule has 0 aliphatic heterocycles. The molecule has 0 bridgehead atoms. The van der Waals surface area contributed by atoms with Crippen molar-refractivity contribution in [1.82, 2.24) is 0 Å². The Bertz CT molecular complexity index is 588. The van der Waals surface area contributed by atoms with Crippen LogP contribution in [0.25, 0.3) is 0 Å². The van der Waals surface area contributed by atoms with E-state index in [0.717, 1.165) is 9.35 Å². The molecule has 0 radical (unpaired) electrons. The first kappa shape index (κ1) is 13.3. The Balaban J connectivity index is 2.22. The fraction of sp³-hybridized carbons (Fsp3) is 0.0909. The Kier molecular flexibility index (Phi) is 4.21. The lowest BCUT2D eigenvalue weighted by Gasteiger charge is -2.07. The van der Waals surface area contributed by atoms with Crippen molar-refractivity contribution in [2.45, 2.75) is 6.54 Å². The van der Waals surface area contributed by atoms with Crippen molar-refractivity contribution >= 4 is 50.2 Å². The monoisotopic (exact) mass is 346 g/mol. The molecule has 0 fully saturated rings. The Morgan fingerprint density at radius 1 is 1.44 bits per heavy atom. The molecule has 0 saturated carbocycles.